The Kier molecular flexibility index (Phi) is 6.55. The van der Waals surface area contributed by atoms with Crippen LogP contribution in [-0.4, -0.2) is 12.0 Å². The van der Waals surface area contributed by atoms with Gasteiger partial charge in [0.1, 0.15) is 5.75 Å². The molecule has 0 aliphatic heterocycles. The molecule has 3 nitrogen and oxygen atoms in total. The fourth-order valence-electron chi connectivity index (χ4n) is 2.65. The van der Waals surface area contributed by atoms with E-state index in [2.05, 4.69) is 17.4 Å². The molecule has 138 valence electrons. The third-order valence-corrected chi connectivity index (χ3v) is 5.23. The number of hydrogen-bond donors (Lipinski definition) is 1. The maximum atomic E-state index is 12.8. The van der Waals surface area contributed by atoms with Gasteiger partial charge in [0.25, 0.3) is 5.91 Å². The molecule has 1 amide bonds. The van der Waals surface area contributed by atoms with Gasteiger partial charge in [0.2, 0.25) is 0 Å². The Labute approximate surface area is 164 Å². The van der Waals surface area contributed by atoms with Gasteiger partial charge in [-0.2, -0.15) is 0 Å². The zero-order valence-corrected chi connectivity index (χ0v) is 16.3. The first-order valence-electron chi connectivity index (χ1n) is 9.02. The Bertz CT molecular complexity index is 896. The first kappa shape index (κ1) is 19.1. The van der Waals surface area contributed by atoms with Crippen LogP contribution in [0.1, 0.15) is 18.9 Å². The van der Waals surface area contributed by atoms with Crippen LogP contribution in [0.25, 0.3) is 0 Å². The summed E-state index contributed by atoms with van der Waals surface area (Å²) in [5.41, 5.74) is 1.81. The Morgan fingerprint density at radius 2 is 1.63 bits per heavy atom. The van der Waals surface area contributed by atoms with Crippen molar-refractivity contribution in [3.8, 4) is 5.75 Å². The van der Waals surface area contributed by atoms with Crippen molar-refractivity contribution in [2.24, 2.45) is 0 Å². The largest absolute Gasteiger partial charge is 0.480 e. The fourth-order valence-corrected chi connectivity index (χ4v) is 3.57. The minimum atomic E-state index is -0.541. The topological polar surface area (TPSA) is 38.3 Å². The third-order valence-electron chi connectivity index (χ3n) is 4.14. The lowest BCUT2D eigenvalue weighted by Gasteiger charge is -2.19. The van der Waals surface area contributed by atoms with Crippen LogP contribution >= 0.6 is 11.8 Å². The molecule has 3 aromatic carbocycles. The van der Waals surface area contributed by atoms with Gasteiger partial charge in [-0.15, -0.1) is 0 Å². The molecule has 0 aliphatic rings. The van der Waals surface area contributed by atoms with E-state index in [1.165, 1.54) is 0 Å². The summed E-state index contributed by atoms with van der Waals surface area (Å²) in [5, 5.41) is 3.04. The number of nitrogens with one attached hydrogen (secondary N) is 1. The highest BCUT2D eigenvalue weighted by Gasteiger charge is 2.20. The van der Waals surface area contributed by atoms with Crippen molar-refractivity contribution in [3.63, 3.8) is 0 Å². The maximum absolute atomic E-state index is 12.8. The molecule has 1 atom stereocenters. The van der Waals surface area contributed by atoms with Crippen molar-refractivity contribution in [1.82, 2.24) is 0 Å². The number of amides is 1. The van der Waals surface area contributed by atoms with Crippen LogP contribution in [0.5, 0.6) is 5.75 Å². The van der Waals surface area contributed by atoms with E-state index in [4.69, 9.17) is 4.74 Å². The van der Waals surface area contributed by atoms with E-state index in [-0.39, 0.29) is 5.91 Å². The molecule has 1 N–H and O–H groups in total. The Hall–Kier alpha value is -2.72. The predicted octanol–water partition coefficient (Wildman–Crippen LogP) is 5.94. The quantitative estimate of drug-likeness (QED) is 0.553. The number of carbonyl (C=O) groups excluding carboxylic acids is 1. The van der Waals surface area contributed by atoms with Gasteiger partial charge in [0.15, 0.2) is 6.10 Å². The predicted molar refractivity (Wildman–Crippen MR) is 112 cm³/mol. The molecule has 0 saturated carbocycles. The fraction of sp³-hybridized carbons (Fsp3) is 0.174. The molecule has 0 unspecified atom stereocenters. The van der Waals surface area contributed by atoms with Gasteiger partial charge in [-0.25, -0.2) is 0 Å². The summed E-state index contributed by atoms with van der Waals surface area (Å²) in [4.78, 5) is 14.9. The smallest absolute Gasteiger partial charge is 0.265 e. The number of aryl methyl sites for hydroxylation is 1. The van der Waals surface area contributed by atoms with Crippen molar-refractivity contribution in [2.75, 3.05) is 5.32 Å². The summed E-state index contributed by atoms with van der Waals surface area (Å²) in [5.74, 6) is 0.605. The van der Waals surface area contributed by atoms with Gasteiger partial charge in [0.05, 0.1) is 5.69 Å². The van der Waals surface area contributed by atoms with Crippen LogP contribution in [0, 0.1) is 6.92 Å². The zero-order chi connectivity index (χ0) is 19.1. The van der Waals surface area contributed by atoms with E-state index in [1.807, 2.05) is 80.6 Å². The summed E-state index contributed by atoms with van der Waals surface area (Å²) in [7, 11) is 0. The molecule has 4 heteroatoms. The second-order valence-corrected chi connectivity index (χ2v) is 7.30. The molecule has 0 aliphatic carbocycles. The molecule has 3 rings (SSSR count). The van der Waals surface area contributed by atoms with Crippen LogP contribution in [0.4, 0.5) is 5.69 Å². The molecule has 3 aromatic rings. The molecule has 0 saturated heterocycles. The third kappa shape index (κ3) is 5.14. The molecule has 0 bridgehead atoms. The number of para-hydroxylation sites is 2. The van der Waals surface area contributed by atoms with Crippen molar-refractivity contribution in [1.29, 1.82) is 0 Å². The minimum absolute atomic E-state index is 0.137. The van der Waals surface area contributed by atoms with E-state index in [0.717, 1.165) is 26.8 Å². The van der Waals surface area contributed by atoms with Gasteiger partial charge in [0, 0.05) is 9.79 Å². The van der Waals surface area contributed by atoms with Crippen LogP contribution in [0.15, 0.2) is 88.7 Å². The summed E-state index contributed by atoms with van der Waals surface area (Å²) >= 11 is 1.63. The van der Waals surface area contributed by atoms with Crippen LogP contribution in [0.3, 0.4) is 0 Å². The number of ether oxygens (including phenoxy) is 1. The van der Waals surface area contributed by atoms with Crippen molar-refractivity contribution in [2.45, 2.75) is 36.2 Å². The molecular weight excluding hydrogens is 354 g/mol. The lowest BCUT2D eigenvalue weighted by atomic mass is 10.2. The molecule has 0 radical (unpaired) electrons. The average molecular weight is 378 g/mol. The normalized spacial score (nSPS) is 11.6. The van der Waals surface area contributed by atoms with Gasteiger partial charge in [-0.3, -0.25) is 4.79 Å². The summed E-state index contributed by atoms with van der Waals surface area (Å²) in [6.45, 7) is 3.93. The molecule has 0 aromatic heterocycles. The Balaban J connectivity index is 1.74. The SMILES string of the molecule is CC[C@H](Oc1ccccc1C)C(=O)Nc1ccccc1Sc1ccccc1. The highest BCUT2D eigenvalue weighted by atomic mass is 32.2. The number of anilines is 1. The molecule has 0 spiro atoms. The van der Waals surface area contributed by atoms with Crippen LogP contribution < -0.4 is 10.1 Å². The van der Waals surface area contributed by atoms with Gasteiger partial charge in [-0.05, 0) is 49.2 Å². The molecular formula is C23H23NO2S. The minimum Gasteiger partial charge on any atom is -0.480 e. The lowest BCUT2D eigenvalue weighted by molar-refractivity contribution is -0.122. The van der Waals surface area contributed by atoms with Gasteiger partial charge >= 0.3 is 0 Å². The van der Waals surface area contributed by atoms with Crippen LogP contribution in [-0.2, 0) is 4.79 Å². The molecule has 27 heavy (non-hydrogen) atoms. The monoisotopic (exact) mass is 377 g/mol. The summed E-state index contributed by atoms with van der Waals surface area (Å²) < 4.78 is 5.97. The summed E-state index contributed by atoms with van der Waals surface area (Å²) in [6.07, 6.45) is 0.0506. The number of carbonyl (C=O) groups is 1. The van der Waals surface area contributed by atoms with Crippen LogP contribution in [0.2, 0.25) is 0 Å². The standard InChI is InChI=1S/C23H23NO2S/c1-3-20(26-21-15-9-7-11-17(21)2)23(25)24-19-14-8-10-16-22(19)27-18-12-5-4-6-13-18/h4-16,20H,3H2,1-2H3,(H,24,25)/t20-/m0/s1. The van der Waals surface area contributed by atoms with Crippen molar-refractivity contribution < 1.29 is 9.53 Å². The summed E-state index contributed by atoms with van der Waals surface area (Å²) in [6, 6.07) is 25.7. The Morgan fingerprint density at radius 1 is 0.963 bits per heavy atom. The maximum Gasteiger partial charge on any atom is 0.265 e. The highest BCUT2D eigenvalue weighted by molar-refractivity contribution is 7.99. The van der Waals surface area contributed by atoms with E-state index >= 15 is 0 Å². The number of benzene rings is 3. The number of hydrogen-bond acceptors (Lipinski definition) is 3. The first-order chi connectivity index (χ1) is 13.2. The first-order valence-corrected chi connectivity index (χ1v) is 9.84. The highest BCUT2D eigenvalue weighted by Crippen LogP contribution is 2.33. The van der Waals surface area contributed by atoms with E-state index < -0.39 is 6.10 Å². The van der Waals surface area contributed by atoms with Crippen molar-refractivity contribution in [3.05, 3.63) is 84.4 Å². The molecule has 0 heterocycles. The average Bonchev–Trinajstić information content (AvgIpc) is 2.69. The van der Waals surface area contributed by atoms with E-state index in [1.54, 1.807) is 11.8 Å². The van der Waals surface area contributed by atoms with E-state index in [9.17, 15) is 4.79 Å². The van der Waals surface area contributed by atoms with Gasteiger partial charge in [-0.1, -0.05) is 67.2 Å². The van der Waals surface area contributed by atoms with Crippen molar-refractivity contribution >= 4 is 23.4 Å². The lowest BCUT2D eigenvalue weighted by Crippen LogP contribution is -2.32. The van der Waals surface area contributed by atoms with Gasteiger partial charge < -0.3 is 10.1 Å². The van der Waals surface area contributed by atoms with E-state index in [0.29, 0.717) is 6.42 Å². The molecule has 0 fully saturated rings. The Morgan fingerprint density at radius 3 is 2.37 bits per heavy atom. The number of rotatable bonds is 7. The zero-order valence-electron chi connectivity index (χ0n) is 15.5. The second-order valence-electron chi connectivity index (χ2n) is 6.18. The second kappa shape index (κ2) is 9.28.